The molecular formula is C21H15Br2N3O2S. The number of benzene rings is 2. The van der Waals surface area contributed by atoms with E-state index in [0.29, 0.717) is 22.8 Å². The monoisotopic (exact) mass is 531 g/mol. The number of anilines is 2. The molecule has 2 heterocycles. The SMILES string of the molecule is O=C(CN1C(=O)CC(c2ccc(Br)s2)=Nc2ccccc21)Nc1ccc(Br)cc1. The van der Waals surface area contributed by atoms with Crippen molar-refractivity contribution in [1.82, 2.24) is 0 Å². The van der Waals surface area contributed by atoms with Gasteiger partial charge in [-0.3, -0.25) is 9.59 Å². The van der Waals surface area contributed by atoms with Crippen LogP contribution in [0.2, 0.25) is 0 Å². The topological polar surface area (TPSA) is 61.8 Å². The van der Waals surface area contributed by atoms with Gasteiger partial charge in [0.15, 0.2) is 0 Å². The zero-order valence-electron chi connectivity index (χ0n) is 15.1. The minimum Gasteiger partial charge on any atom is -0.325 e. The Bertz CT molecular complexity index is 1110. The third kappa shape index (κ3) is 4.66. The maximum Gasteiger partial charge on any atom is 0.244 e. The number of thiophene rings is 1. The maximum atomic E-state index is 13.1. The highest BCUT2D eigenvalue weighted by Gasteiger charge is 2.27. The van der Waals surface area contributed by atoms with Crippen LogP contribution in [-0.4, -0.2) is 24.1 Å². The Balaban J connectivity index is 1.59. The van der Waals surface area contributed by atoms with Gasteiger partial charge < -0.3 is 10.2 Å². The number of carbonyl (C=O) groups excluding carboxylic acids is 2. The van der Waals surface area contributed by atoms with Crippen molar-refractivity contribution in [3.8, 4) is 0 Å². The van der Waals surface area contributed by atoms with Gasteiger partial charge in [-0.15, -0.1) is 11.3 Å². The summed E-state index contributed by atoms with van der Waals surface area (Å²) in [6, 6.07) is 18.6. The third-order valence-electron chi connectivity index (χ3n) is 4.33. The van der Waals surface area contributed by atoms with Gasteiger partial charge >= 0.3 is 0 Å². The van der Waals surface area contributed by atoms with Crippen LogP contribution in [0.4, 0.5) is 17.1 Å². The summed E-state index contributed by atoms with van der Waals surface area (Å²) >= 11 is 8.36. The summed E-state index contributed by atoms with van der Waals surface area (Å²) in [5.41, 5.74) is 2.69. The molecule has 8 heteroatoms. The van der Waals surface area contributed by atoms with Crippen LogP contribution in [0.25, 0.3) is 0 Å². The molecule has 2 amide bonds. The second kappa shape index (κ2) is 8.61. The molecule has 0 atom stereocenters. The summed E-state index contributed by atoms with van der Waals surface area (Å²) in [6.45, 7) is -0.0805. The quantitative estimate of drug-likeness (QED) is 0.463. The van der Waals surface area contributed by atoms with E-state index >= 15 is 0 Å². The summed E-state index contributed by atoms with van der Waals surface area (Å²) < 4.78 is 1.91. The van der Waals surface area contributed by atoms with Crippen LogP contribution in [0.1, 0.15) is 11.3 Å². The molecular weight excluding hydrogens is 518 g/mol. The van der Waals surface area contributed by atoms with E-state index < -0.39 is 0 Å². The maximum absolute atomic E-state index is 13.1. The molecule has 1 aliphatic rings. The Morgan fingerprint density at radius 1 is 1.07 bits per heavy atom. The van der Waals surface area contributed by atoms with Gasteiger partial charge in [-0.2, -0.15) is 0 Å². The molecule has 0 radical (unpaired) electrons. The molecule has 0 unspecified atom stereocenters. The van der Waals surface area contributed by atoms with Gasteiger partial charge in [-0.25, -0.2) is 4.99 Å². The number of fused-ring (bicyclic) bond motifs is 1. The highest BCUT2D eigenvalue weighted by molar-refractivity contribution is 9.11. The fourth-order valence-corrected chi connectivity index (χ4v) is 4.64. The number of amides is 2. The predicted molar refractivity (Wildman–Crippen MR) is 124 cm³/mol. The average molecular weight is 533 g/mol. The molecule has 0 bridgehead atoms. The Labute approximate surface area is 188 Å². The first-order valence-electron chi connectivity index (χ1n) is 8.78. The number of halogens is 2. The van der Waals surface area contributed by atoms with Crippen molar-refractivity contribution >= 4 is 77.8 Å². The van der Waals surface area contributed by atoms with Crippen molar-refractivity contribution in [3.63, 3.8) is 0 Å². The van der Waals surface area contributed by atoms with Crippen molar-refractivity contribution < 1.29 is 9.59 Å². The molecule has 0 spiro atoms. The van der Waals surface area contributed by atoms with Crippen molar-refractivity contribution in [2.24, 2.45) is 4.99 Å². The highest BCUT2D eigenvalue weighted by atomic mass is 79.9. The van der Waals surface area contributed by atoms with Gasteiger partial charge in [0.2, 0.25) is 11.8 Å². The predicted octanol–water partition coefficient (Wildman–Crippen LogP) is 5.77. The van der Waals surface area contributed by atoms with Crippen LogP contribution in [0.3, 0.4) is 0 Å². The van der Waals surface area contributed by atoms with Crippen LogP contribution >= 0.6 is 43.2 Å². The number of hydrogen-bond acceptors (Lipinski definition) is 4. The van der Waals surface area contributed by atoms with Gasteiger partial charge in [-0.05, 0) is 64.5 Å². The van der Waals surface area contributed by atoms with E-state index in [-0.39, 0.29) is 24.8 Å². The van der Waals surface area contributed by atoms with Crippen molar-refractivity contribution in [1.29, 1.82) is 0 Å². The zero-order valence-corrected chi connectivity index (χ0v) is 19.1. The van der Waals surface area contributed by atoms with Crippen LogP contribution in [0, 0.1) is 0 Å². The Hall–Kier alpha value is -2.29. The Kier molecular flexibility index (Phi) is 5.94. The van der Waals surface area contributed by atoms with Crippen LogP contribution < -0.4 is 10.2 Å². The largest absolute Gasteiger partial charge is 0.325 e. The van der Waals surface area contributed by atoms with Crippen molar-refractivity contribution in [3.05, 3.63) is 73.8 Å². The van der Waals surface area contributed by atoms with Gasteiger partial charge in [0.25, 0.3) is 0 Å². The number of nitrogens with zero attached hydrogens (tertiary/aromatic N) is 2. The lowest BCUT2D eigenvalue weighted by molar-refractivity contribution is -0.120. The standard InChI is InChI=1S/C21H15Br2N3O2S/c22-13-5-7-14(8-6-13)24-20(27)12-26-17-4-2-1-3-15(17)25-16(11-21(26)28)18-9-10-19(23)29-18/h1-10H,11-12H2,(H,24,27). The first-order valence-corrected chi connectivity index (χ1v) is 11.2. The lowest BCUT2D eigenvalue weighted by atomic mass is 10.2. The summed E-state index contributed by atoms with van der Waals surface area (Å²) in [4.78, 5) is 32.8. The first kappa shape index (κ1) is 20.0. The van der Waals surface area contributed by atoms with Crippen LogP contribution in [0.15, 0.2) is 73.9 Å². The Morgan fingerprint density at radius 3 is 2.55 bits per heavy atom. The molecule has 146 valence electrons. The van der Waals surface area contributed by atoms with E-state index in [1.54, 1.807) is 12.1 Å². The lowest BCUT2D eigenvalue weighted by Gasteiger charge is -2.21. The van der Waals surface area contributed by atoms with Crippen molar-refractivity contribution in [2.45, 2.75) is 6.42 Å². The lowest BCUT2D eigenvalue weighted by Crippen LogP contribution is -2.38. The van der Waals surface area contributed by atoms with E-state index in [9.17, 15) is 9.59 Å². The van der Waals surface area contributed by atoms with Gasteiger partial charge in [0.1, 0.15) is 6.54 Å². The minimum absolute atomic E-state index is 0.0805. The Morgan fingerprint density at radius 2 is 1.83 bits per heavy atom. The van der Waals surface area contributed by atoms with Crippen LogP contribution in [0.5, 0.6) is 0 Å². The number of nitrogens with one attached hydrogen (secondary N) is 1. The van der Waals surface area contributed by atoms with E-state index in [4.69, 9.17) is 4.99 Å². The summed E-state index contributed by atoms with van der Waals surface area (Å²) in [6.07, 6.45) is 0.132. The van der Waals surface area contributed by atoms with E-state index in [1.165, 1.54) is 16.2 Å². The molecule has 3 aromatic rings. The molecule has 0 fully saturated rings. The molecule has 0 saturated heterocycles. The molecule has 0 aliphatic carbocycles. The average Bonchev–Trinajstić information content (AvgIpc) is 3.08. The van der Waals surface area contributed by atoms with Gasteiger partial charge in [0, 0.05) is 10.2 Å². The second-order valence-electron chi connectivity index (χ2n) is 6.36. The summed E-state index contributed by atoms with van der Waals surface area (Å²) in [5.74, 6) is -0.429. The number of para-hydroxylation sites is 2. The molecule has 1 N–H and O–H groups in total. The molecule has 1 aliphatic heterocycles. The molecule has 29 heavy (non-hydrogen) atoms. The van der Waals surface area contributed by atoms with E-state index in [1.807, 2.05) is 48.5 Å². The number of aliphatic imine (C=N–C) groups is 1. The minimum atomic E-state index is -0.266. The highest BCUT2D eigenvalue weighted by Crippen LogP contribution is 2.34. The molecule has 2 aromatic carbocycles. The fourth-order valence-electron chi connectivity index (χ4n) is 3.01. The first-order chi connectivity index (χ1) is 14.0. The zero-order chi connectivity index (χ0) is 20.4. The van der Waals surface area contributed by atoms with Crippen molar-refractivity contribution in [2.75, 3.05) is 16.8 Å². The number of hydrogen-bond donors (Lipinski definition) is 1. The summed E-state index contributed by atoms with van der Waals surface area (Å²) in [7, 11) is 0. The molecule has 4 rings (SSSR count). The molecule has 0 saturated carbocycles. The van der Waals surface area contributed by atoms with Gasteiger partial charge in [-0.1, -0.05) is 28.1 Å². The van der Waals surface area contributed by atoms with Crippen LogP contribution in [-0.2, 0) is 9.59 Å². The second-order valence-corrected chi connectivity index (χ2v) is 9.74. The molecule has 1 aromatic heterocycles. The smallest absolute Gasteiger partial charge is 0.244 e. The van der Waals surface area contributed by atoms with E-state index in [0.717, 1.165) is 13.1 Å². The summed E-state index contributed by atoms with van der Waals surface area (Å²) in [5, 5.41) is 2.84. The number of carbonyl (C=O) groups is 2. The third-order valence-corrected chi connectivity index (χ3v) is 6.54. The fraction of sp³-hybridized carbons (Fsp3) is 0.0952. The molecule has 5 nitrogen and oxygen atoms in total. The van der Waals surface area contributed by atoms with E-state index in [2.05, 4.69) is 37.2 Å². The van der Waals surface area contributed by atoms with Gasteiger partial charge in [0.05, 0.1) is 32.2 Å². The normalized spacial score (nSPS) is 13.5. The number of rotatable bonds is 4.